The molecule has 1 unspecified atom stereocenters. The van der Waals surface area contributed by atoms with Crippen molar-refractivity contribution in [2.75, 3.05) is 25.0 Å². The van der Waals surface area contributed by atoms with Gasteiger partial charge in [-0.2, -0.15) is 0 Å². The molecule has 0 aromatic heterocycles. The summed E-state index contributed by atoms with van der Waals surface area (Å²) in [6.07, 6.45) is 1.97. The fourth-order valence-corrected chi connectivity index (χ4v) is 2.64. The van der Waals surface area contributed by atoms with E-state index < -0.39 is 0 Å². The molecule has 0 radical (unpaired) electrons. The lowest BCUT2D eigenvalue weighted by atomic mass is 10.2. The van der Waals surface area contributed by atoms with Crippen LogP contribution in [0.15, 0.2) is 18.2 Å². The Kier molecular flexibility index (Phi) is 5.26. The number of anilines is 1. The number of rotatable bonds is 4. The first-order valence-electron chi connectivity index (χ1n) is 7.16. The van der Waals surface area contributed by atoms with Gasteiger partial charge in [-0.05, 0) is 44.0 Å². The minimum Gasteiger partial charge on any atom is -0.320 e. The molecule has 1 saturated heterocycles. The predicted octanol–water partition coefficient (Wildman–Crippen LogP) is 3.25. The van der Waals surface area contributed by atoms with Gasteiger partial charge in [0, 0.05) is 29.8 Å². The standard InChI is InChI=1S/C15H22ClN3O/c1-3-8-19(13-6-7-17-10-13)15(20)18-12-5-4-11(2)14(16)9-12/h4-5,9,13,17H,3,6-8,10H2,1-2H3,(H,18,20). The zero-order chi connectivity index (χ0) is 14.5. The van der Waals surface area contributed by atoms with Gasteiger partial charge in [-0.3, -0.25) is 0 Å². The second-order valence-electron chi connectivity index (χ2n) is 5.23. The van der Waals surface area contributed by atoms with Crippen LogP contribution in [0.25, 0.3) is 0 Å². The second-order valence-corrected chi connectivity index (χ2v) is 5.64. The summed E-state index contributed by atoms with van der Waals surface area (Å²) in [5, 5.41) is 6.92. The molecule has 2 N–H and O–H groups in total. The Morgan fingerprint density at radius 3 is 2.95 bits per heavy atom. The number of halogens is 1. The average Bonchev–Trinajstić information content (AvgIpc) is 2.94. The van der Waals surface area contributed by atoms with Crippen LogP contribution in [-0.2, 0) is 0 Å². The Labute approximate surface area is 125 Å². The van der Waals surface area contributed by atoms with Crippen molar-refractivity contribution in [2.45, 2.75) is 32.7 Å². The molecule has 0 spiro atoms. The molecule has 0 saturated carbocycles. The summed E-state index contributed by atoms with van der Waals surface area (Å²) in [6, 6.07) is 5.85. The molecule has 1 heterocycles. The van der Waals surface area contributed by atoms with Gasteiger partial charge < -0.3 is 15.5 Å². The zero-order valence-corrected chi connectivity index (χ0v) is 12.8. The van der Waals surface area contributed by atoms with Gasteiger partial charge in [0.25, 0.3) is 0 Å². The molecule has 1 aromatic carbocycles. The number of nitrogens with zero attached hydrogens (tertiary/aromatic N) is 1. The van der Waals surface area contributed by atoms with Crippen LogP contribution >= 0.6 is 11.6 Å². The van der Waals surface area contributed by atoms with Crippen LogP contribution < -0.4 is 10.6 Å². The highest BCUT2D eigenvalue weighted by atomic mass is 35.5. The van der Waals surface area contributed by atoms with Crippen molar-refractivity contribution in [3.05, 3.63) is 28.8 Å². The molecule has 2 amide bonds. The average molecular weight is 296 g/mol. The van der Waals surface area contributed by atoms with Gasteiger partial charge in [-0.25, -0.2) is 4.79 Å². The largest absolute Gasteiger partial charge is 0.322 e. The maximum atomic E-state index is 12.4. The molecule has 2 rings (SSSR count). The van der Waals surface area contributed by atoms with Crippen LogP contribution in [0, 0.1) is 6.92 Å². The summed E-state index contributed by atoms with van der Waals surface area (Å²) in [6.45, 7) is 6.67. The van der Waals surface area contributed by atoms with Crippen LogP contribution in [0.4, 0.5) is 10.5 Å². The van der Waals surface area contributed by atoms with E-state index in [1.54, 1.807) is 6.07 Å². The van der Waals surface area contributed by atoms with Gasteiger partial charge in [-0.1, -0.05) is 24.6 Å². The van der Waals surface area contributed by atoms with Gasteiger partial charge in [0.15, 0.2) is 0 Å². The van der Waals surface area contributed by atoms with Gasteiger partial charge in [0.05, 0.1) is 0 Å². The third kappa shape index (κ3) is 3.64. The fraction of sp³-hybridized carbons (Fsp3) is 0.533. The molecule has 1 atom stereocenters. The minimum absolute atomic E-state index is 0.0412. The van der Waals surface area contributed by atoms with E-state index >= 15 is 0 Å². The zero-order valence-electron chi connectivity index (χ0n) is 12.1. The molecule has 1 fully saturated rings. The maximum absolute atomic E-state index is 12.4. The number of carbonyl (C=O) groups excluding carboxylic acids is 1. The van der Waals surface area contributed by atoms with Gasteiger partial charge in [0.2, 0.25) is 0 Å². The first-order chi connectivity index (χ1) is 9.61. The molecule has 4 nitrogen and oxygen atoms in total. The highest BCUT2D eigenvalue weighted by Gasteiger charge is 2.25. The lowest BCUT2D eigenvalue weighted by Crippen LogP contribution is -2.44. The SMILES string of the molecule is CCCN(C(=O)Nc1ccc(C)c(Cl)c1)C1CCNC1. The molecule has 0 bridgehead atoms. The summed E-state index contributed by atoms with van der Waals surface area (Å²) in [4.78, 5) is 14.4. The van der Waals surface area contributed by atoms with Crippen LogP contribution in [-0.4, -0.2) is 36.6 Å². The predicted molar refractivity (Wildman–Crippen MR) is 83.5 cm³/mol. The number of amides is 2. The van der Waals surface area contributed by atoms with E-state index in [2.05, 4.69) is 17.6 Å². The van der Waals surface area contributed by atoms with Crippen molar-refractivity contribution in [3.63, 3.8) is 0 Å². The number of hydrogen-bond donors (Lipinski definition) is 2. The lowest BCUT2D eigenvalue weighted by molar-refractivity contribution is 0.192. The van der Waals surface area contributed by atoms with Crippen molar-refractivity contribution >= 4 is 23.3 Å². The molecule has 5 heteroatoms. The van der Waals surface area contributed by atoms with Gasteiger partial charge in [0.1, 0.15) is 0 Å². The normalized spacial score (nSPS) is 18.1. The van der Waals surface area contributed by atoms with Crippen LogP contribution in [0.1, 0.15) is 25.3 Å². The number of aryl methyl sites for hydroxylation is 1. The first kappa shape index (κ1) is 15.1. The summed E-state index contributed by atoms with van der Waals surface area (Å²) in [5.74, 6) is 0. The van der Waals surface area contributed by atoms with Crippen LogP contribution in [0.2, 0.25) is 5.02 Å². The molecule has 1 aliphatic rings. The number of hydrogen-bond acceptors (Lipinski definition) is 2. The first-order valence-corrected chi connectivity index (χ1v) is 7.54. The summed E-state index contributed by atoms with van der Waals surface area (Å²) in [7, 11) is 0. The molecule has 1 aromatic rings. The van der Waals surface area contributed by atoms with Crippen molar-refractivity contribution in [1.82, 2.24) is 10.2 Å². The van der Waals surface area contributed by atoms with E-state index in [1.807, 2.05) is 24.0 Å². The topological polar surface area (TPSA) is 44.4 Å². The van der Waals surface area contributed by atoms with E-state index in [-0.39, 0.29) is 12.1 Å². The molecular formula is C15H22ClN3O. The van der Waals surface area contributed by atoms with Crippen LogP contribution in [0.5, 0.6) is 0 Å². The number of benzene rings is 1. The van der Waals surface area contributed by atoms with Crippen molar-refractivity contribution in [1.29, 1.82) is 0 Å². The third-order valence-electron chi connectivity index (χ3n) is 3.62. The summed E-state index contributed by atoms with van der Waals surface area (Å²) < 4.78 is 0. The van der Waals surface area contributed by atoms with Crippen molar-refractivity contribution in [3.8, 4) is 0 Å². The Hall–Kier alpha value is -1.26. The van der Waals surface area contributed by atoms with E-state index in [1.165, 1.54) is 0 Å². The quantitative estimate of drug-likeness (QED) is 0.895. The van der Waals surface area contributed by atoms with Crippen molar-refractivity contribution in [2.24, 2.45) is 0 Å². The van der Waals surface area contributed by atoms with Gasteiger partial charge in [-0.15, -0.1) is 0 Å². The molecule has 20 heavy (non-hydrogen) atoms. The Morgan fingerprint density at radius 2 is 2.35 bits per heavy atom. The highest BCUT2D eigenvalue weighted by Crippen LogP contribution is 2.21. The Bertz CT molecular complexity index is 472. The second kappa shape index (κ2) is 6.95. The molecule has 110 valence electrons. The fourth-order valence-electron chi connectivity index (χ4n) is 2.46. The summed E-state index contributed by atoms with van der Waals surface area (Å²) in [5.41, 5.74) is 1.76. The summed E-state index contributed by atoms with van der Waals surface area (Å²) >= 11 is 6.09. The Balaban J connectivity index is 2.05. The number of urea groups is 1. The van der Waals surface area contributed by atoms with E-state index in [9.17, 15) is 4.79 Å². The molecule has 1 aliphatic heterocycles. The number of carbonyl (C=O) groups is 1. The van der Waals surface area contributed by atoms with E-state index in [0.717, 1.165) is 43.7 Å². The van der Waals surface area contributed by atoms with E-state index in [4.69, 9.17) is 11.6 Å². The smallest absolute Gasteiger partial charge is 0.320 e. The van der Waals surface area contributed by atoms with Gasteiger partial charge >= 0.3 is 6.03 Å². The van der Waals surface area contributed by atoms with Crippen molar-refractivity contribution < 1.29 is 4.79 Å². The third-order valence-corrected chi connectivity index (χ3v) is 4.03. The Morgan fingerprint density at radius 1 is 1.55 bits per heavy atom. The minimum atomic E-state index is -0.0412. The van der Waals surface area contributed by atoms with Crippen LogP contribution in [0.3, 0.4) is 0 Å². The molecule has 0 aliphatic carbocycles. The monoisotopic (exact) mass is 295 g/mol. The van der Waals surface area contributed by atoms with E-state index in [0.29, 0.717) is 5.02 Å². The molecular weight excluding hydrogens is 274 g/mol. The maximum Gasteiger partial charge on any atom is 0.322 e. The number of nitrogens with one attached hydrogen (secondary N) is 2. The lowest BCUT2D eigenvalue weighted by Gasteiger charge is -2.28. The highest BCUT2D eigenvalue weighted by molar-refractivity contribution is 6.31.